The molecule has 136 valence electrons. The largest absolute Gasteiger partial charge is 0.321 e. The van der Waals surface area contributed by atoms with Crippen LogP contribution >= 0.6 is 23.1 Å². The van der Waals surface area contributed by atoms with Crippen LogP contribution in [0.1, 0.15) is 20.6 Å². The van der Waals surface area contributed by atoms with Gasteiger partial charge in [-0.1, -0.05) is 24.3 Å². The first-order valence-corrected chi connectivity index (χ1v) is 10.2. The molecule has 0 unspecified atom stereocenters. The highest BCUT2D eigenvalue weighted by atomic mass is 32.2. The van der Waals surface area contributed by atoms with Gasteiger partial charge in [0.05, 0.1) is 10.6 Å². The van der Waals surface area contributed by atoms with Gasteiger partial charge >= 0.3 is 0 Å². The van der Waals surface area contributed by atoms with Crippen molar-refractivity contribution in [2.24, 2.45) is 0 Å². The fourth-order valence-corrected chi connectivity index (χ4v) is 4.73. The molecule has 1 aliphatic rings. The molecule has 1 atom stereocenters. The van der Waals surface area contributed by atoms with E-state index in [0.29, 0.717) is 22.0 Å². The zero-order valence-electron chi connectivity index (χ0n) is 14.1. The maximum Gasteiger partial charge on any atom is 0.265 e. The van der Waals surface area contributed by atoms with Crippen molar-refractivity contribution >= 4 is 46.3 Å². The number of nitrogens with zero attached hydrogens (tertiary/aromatic N) is 1. The molecule has 0 saturated carbocycles. The van der Waals surface area contributed by atoms with Gasteiger partial charge in [-0.05, 0) is 47.3 Å². The Bertz CT molecular complexity index is 991. The Morgan fingerprint density at radius 2 is 1.96 bits per heavy atom. The van der Waals surface area contributed by atoms with Crippen LogP contribution in [-0.2, 0) is 4.79 Å². The molecule has 1 saturated heterocycles. The maximum absolute atomic E-state index is 13.6. The number of nitrogens with one attached hydrogen (secondary N) is 1. The average molecular weight is 398 g/mol. The number of thiophene rings is 1. The molecular weight excluding hydrogens is 383 g/mol. The van der Waals surface area contributed by atoms with Gasteiger partial charge in [-0.2, -0.15) is 0 Å². The molecule has 0 bridgehead atoms. The van der Waals surface area contributed by atoms with E-state index in [-0.39, 0.29) is 23.0 Å². The summed E-state index contributed by atoms with van der Waals surface area (Å²) in [5.41, 5.74) is 2.06. The van der Waals surface area contributed by atoms with Crippen molar-refractivity contribution in [3.05, 3.63) is 82.3 Å². The first-order valence-electron chi connectivity index (χ1n) is 8.26. The van der Waals surface area contributed by atoms with E-state index in [1.807, 2.05) is 35.7 Å². The molecule has 0 spiro atoms. The standard InChI is InChI=1S/C20H15FN2O2S2/c21-14-5-2-7-16(11-14)23-18(24)12-27-20(23)13-4-1-6-15(10-13)22-19(25)17-8-3-9-26-17/h1-11,20H,12H2,(H,22,25)/t20-/m0/s1. The monoisotopic (exact) mass is 398 g/mol. The summed E-state index contributed by atoms with van der Waals surface area (Å²) >= 11 is 2.86. The minimum atomic E-state index is -0.382. The third-order valence-corrected chi connectivity index (χ3v) is 6.21. The lowest BCUT2D eigenvalue weighted by Crippen LogP contribution is -2.27. The highest BCUT2D eigenvalue weighted by Crippen LogP contribution is 2.42. The third kappa shape index (κ3) is 3.74. The Hall–Kier alpha value is -2.64. The number of benzene rings is 2. The summed E-state index contributed by atoms with van der Waals surface area (Å²) in [6.45, 7) is 0. The summed E-state index contributed by atoms with van der Waals surface area (Å²) in [7, 11) is 0. The SMILES string of the molecule is O=C(Nc1cccc([C@@H]2SCC(=O)N2c2cccc(F)c2)c1)c1cccs1. The van der Waals surface area contributed by atoms with Crippen molar-refractivity contribution in [2.75, 3.05) is 16.0 Å². The maximum atomic E-state index is 13.6. The summed E-state index contributed by atoms with van der Waals surface area (Å²) in [6.07, 6.45) is 0. The van der Waals surface area contributed by atoms with Crippen molar-refractivity contribution in [1.82, 2.24) is 0 Å². The van der Waals surface area contributed by atoms with Crippen LogP contribution in [-0.4, -0.2) is 17.6 Å². The highest BCUT2D eigenvalue weighted by molar-refractivity contribution is 8.00. The van der Waals surface area contributed by atoms with Gasteiger partial charge in [0.2, 0.25) is 5.91 Å². The molecule has 3 aromatic rings. The summed E-state index contributed by atoms with van der Waals surface area (Å²) in [5.74, 6) is -0.289. The Kier molecular flexibility index (Phi) is 4.96. The molecule has 2 amide bonds. The molecule has 1 fully saturated rings. The fourth-order valence-electron chi connectivity index (χ4n) is 2.95. The zero-order valence-corrected chi connectivity index (χ0v) is 15.7. The highest BCUT2D eigenvalue weighted by Gasteiger charge is 2.34. The number of thioether (sulfide) groups is 1. The lowest BCUT2D eigenvalue weighted by molar-refractivity contribution is -0.115. The van der Waals surface area contributed by atoms with Crippen molar-refractivity contribution in [2.45, 2.75) is 5.37 Å². The van der Waals surface area contributed by atoms with Crippen LogP contribution in [0.15, 0.2) is 66.0 Å². The van der Waals surface area contributed by atoms with Crippen molar-refractivity contribution in [3.63, 3.8) is 0 Å². The van der Waals surface area contributed by atoms with E-state index < -0.39 is 0 Å². The van der Waals surface area contributed by atoms with E-state index in [1.165, 1.54) is 35.2 Å². The van der Waals surface area contributed by atoms with E-state index in [1.54, 1.807) is 23.1 Å². The lowest BCUT2D eigenvalue weighted by atomic mass is 10.1. The van der Waals surface area contributed by atoms with Crippen LogP contribution in [0.2, 0.25) is 0 Å². The number of rotatable bonds is 4. The molecule has 1 aromatic heterocycles. The van der Waals surface area contributed by atoms with E-state index in [4.69, 9.17) is 0 Å². The second-order valence-electron chi connectivity index (χ2n) is 5.96. The Balaban J connectivity index is 1.60. The molecule has 0 aliphatic carbocycles. The summed E-state index contributed by atoms with van der Waals surface area (Å²) < 4.78 is 13.6. The van der Waals surface area contributed by atoms with Crippen LogP contribution in [0.5, 0.6) is 0 Å². The van der Waals surface area contributed by atoms with E-state index in [2.05, 4.69) is 5.32 Å². The van der Waals surface area contributed by atoms with E-state index in [9.17, 15) is 14.0 Å². The Labute approximate surface area is 164 Å². The molecule has 4 rings (SSSR count). The summed E-state index contributed by atoms with van der Waals surface area (Å²) in [5, 5.41) is 4.47. The van der Waals surface area contributed by atoms with Crippen molar-refractivity contribution < 1.29 is 14.0 Å². The van der Waals surface area contributed by atoms with Gasteiger partial charge in [0.1, 0.15) is 11.2 Å². The van der Waals surface area contributed by atoms with Crippen LogP contribution in [0, 0.1) is 5.82 Å². The molecule has 1 aliphatic heterocycles. The van der Waals surface area contributed by atoms with Crippen LogP contribution < -0.4 is 10.2 Å². The molecule has 2 aromatic carbocycles. The Morgan fingerprint density at radius 1 is 1.11 bits per heavy atom. The average Bonchev–Trinajstić information content (AvgIpc) is 3.32. The number of anilines is 2. The van der Waals surface area contributed by atoms with E-state index in [0.717, 1.165) is 5.56 Å². The number of carbonyl (C=O) groups is 2. The second-order valence-corrected chi connectivity index (χ2v) is 7.98. The third-order valence-electron chi connectivity index (χ3n) is 4.13. The molecule has 7 heteroatoms. The normalized spacial score (nSPS) is 16.6. The van der Waals surface area contributed by atoms with Gasteiger partial charge in [0.15, 0.2) is 0 Å². The number of carbonyl (C=O) groups excluding carboxylic acids is 2. The predicted molar refractivity (Wildman–Crippen MR) is 108 cm³/mol. The van der Waals surface area contributed by atoms with Gasteiger partial charge in [-0.3, -0.25) is 14.5 Å². The van der Waals surface area contributed by atoms with Crippen LogP contribution in [0.25, 0.3) is 0 Å². The molecule has 0 radical (unpaired) electrons. The molecule has 2 heterocycles. The quantitative estimate of drug-likeness (QED) is 0.679. The van der Waals surface area contributed by atoms with Crippen molar-refractivity contribution in [3.8, 4) is 0 Å². The number of hydrogen-bond donors (Lipinski definition) is 1. The predicted octanol–water partition coefficient (Wildman–Crippen LogP) is 4.92. The van der Waals surface area contributed by atoms with Gasteiger partial charge in [-0.25, -0.2) is 4.39 Å². The second kappa shape index (κ2) is 7.54. The topological polar surface area (TPSA) is 49.4 Å². The smallest absolute Gasteiger partial charge is 0.265 e. The Morgan fingerprint density at radius 3 is 2.74 bits per heavy atom. The summed E-state index contributed by atoms with van der Waals surface area (Å²) in [4.78, 5) is 26.9. The molecule has 4 nitrogen and oxygen atoms in total. The fraction of sp³-hybridized carbons (Fsp3) is 0.100. The number of amides is 2. The van der Waals surface area contributed by atoms with Gasteiger partial charge in [-0.15, -0.1) is 23.1 Å². The van der Waals surface area contributed by atoms with Crippen LogP contribution in [0.3, 0.4) is 0 Å². The first kappa shape index (κ1) is 17.8. The number of halogens is 1. The van der Waals surface area contributed by atoms with Gasteiger partial charge in [0.25, 0.3) is 5.91 Å². The number of hydrogen-bond acceptors (Lipinski definition) is 4. The summed E-state index contributed by atoms with van der Waals surface area (Å²) in [6, 6.07) is 17.0. The molecular formula is C20H15FN2O2S2. The minimum Gasteiger partial charge on any atom is -0.321 e. The zero-order chi connectivity index (χ0) is 18.8. The van der Waals surface area contributed by atoms with Gasteiger partial charge < -0.3 is 5.32 Å². The lowest BCUT2D eigenvalue weighted by Gasteiger charge is -2.24. The molecule has 1 N–H and O–H groups in total. The minimum absolute atomic E-state index is 0.0661. The van der Waals surface area contributed by atoms with Gasteiger partial charge in [0, 0.05) is 11.4 Å². The van der Waals surface area contributed by atoms with Crippen LogP contribution in [0.4, 0.5) is 15.8 Å². The van der Waals surface area contributed by atoms with Crippen molar-refractivity contribution in [1.29, 1.82) is 0 Å². The van der Waals surface area contributed by atoms with E-state index >= 15 is 0 Å². The first-order chi connectivity index (χ1) is 13.1. The molecule has 27 heavy (non-hydrogen) atoms.